The third-order valence-electron chi connectivity index (χ3n) is 1.31. The standard InChI is InChI=1S/C7H14N2OS/c1-3-4-9(2)7(10)5-6(8)11/h3-5H2,1-2H3,(H2,8,11). The van der Waals surface area contributed by atoms with E-state index in [2.05, 4.69) is 12.2 Å². The minimum atomic E-state index is -0.000602. The molecule has 2 N–H and O–H groups in total. The second-order valence-electron chi connectivity index (χ2n) is 2.46. The molecule has 0 radical (unpaired) electrons. The van der Waals surface area contributed by atoms with E-state index in [1.54, 1.807) is 11.9 Å². The van der Waals surface area contributed by atoms with Crippen molar-refractivity contribution in [2.75, 3.05) is 13.6 Å². The zero-order valence-corrected chi connectivity index (χ0v) is 7.78. The molecule has 11 heavy (non-hydrogen) atoms. The van der Waals surface area contributed by atoms with Gasteiger partial charge in [0.25, 0.3) is 0 Å². The highest BCUT2D eigenvalue weighted by Crippen LogP contribution is 1.92. The van der Waals surface area contributed by atoms with E-state index >= 15 is 0 Å². The molecule has 0 aliphatic carbocycles. The molecular formula is C7H14N2OS. The van der Waals surface area contributed by atoms with Crippen LogP contribution in [0.4, 0.5) is 0 Å². The normalized spacial score (nSPS) is 9.27. The molecular weight excluding hydrogens is 160 g/mol. The average Bonchev–Trinajstić information content (AvgIpc) is 1.86. The van der Waals surface area contributed by atoms with Gasteiger partial charge >= 0.3 is 0 Å². The summed E-state index contributed by atoms with van der Waals surface area (Å²) >= 11 is 4.61. The molecule has 0 heterocycles. The summed E-state index contributed by atoms with van der Waals surface area (Å²) < 4.78 is 0. The van der Waals surface area contributed by atoms with Gasteiger partial charge in [0.05, 0.1) is 11.4 Å². The monoisotopic (exact) mass is 174 g/mol. The minimum Gasteiger partial charge on any atom is -0.393 e. The van der Waals surface area contributed by atoms with Gasteiger partial charge in [-0.25, -0.2) is 0 Å². The number of carbonyl (C=O) groups excluding carboxylic acids is 1. The van der Waals surface area contributed by atoms with Crippen LogP contribution in [0.1, 0.15) is 19.8 Å². The summed E-state index contributed by atoms with van der Waals surface area (Å²) in [5.74, 6) is -0.000602. The summed E-state index contributed by atoms with van der Waals surface area (Å²) in [6.07, 6.45) is 1.14. The van der Waals surface area contributed by atoms with Gasteiger partial charge in [0.15, 0.2) is 0 Å². The highest BCUT2D eigenvalue weighted by molar-refractivity contribution is 7.80. The Labute approximate surface area is 72.5 Å². The van der Waals surface area contributed by atoms with Crippen molar-refractivity contribution in [3.8, 4) is 0 Å². The minimum absolute atomic E-state index is 0.000602. The molecule has 0 unspecified atom stereocenters. The lowest BCUT2D eigenvalue weighted by molar-refractivity contribution is -0.128. The lowest BCUT2D eigenvalue weighted by atomic mass is 10.3. The lowest BCUT2D eigenvalue weighted by Crippen LogP contribution is -2.30. The predicted molar refractivity (Wildman–Crippen MR) is 49.3 cm³/mol. The number of nitrogens with two attached hydrogens (primary N) is 1. The number of hydrogen-bond donors (Lipinski definition) is 1. The fraction of sp³-hybridized carbons (Fsp3) is 0.714. The molecule has 0 aromatic carbocycles. The van der Waals surface area contributed by atoms with E-state index in [-0.39, 0.29) is 17.3 Å². The lowest BCUT2D eigenvalue weighted by Gasteiger charge is -2.14. The molecule has 0 spiro atoms. The first kappa shape index (κ1) is 10.4. The second kappa shape index (κ2) is 5.07. The van der Waals surface area contributed by atoms with Crippen molar-refractivity contribution in [2.45, 2.75) is 19.8 Å². The van der Waals surface area contributed by atoms with Crippen molar-refractivity contribution in [1.82, 2.24) is 4.90 Å². The van der Waals surface area contributed by atoms with Crippen LogP contribution < -0.4 is 5.73 Å². The van der Waals surface area contributed by atoms with Crippen LogP contribution in [-0.4, -0.2) is 29.4 Å². The van der Waals surface area contributed by atoms with Crippen LogP contribution in [0.2, 0.25) is 0 Å². The van der Waals surface area contributed by atoms with Crippen molar-refractivity contribution in [2.24, 2.45) is 5.73 Å². The maximum absolute atomic E-state index is 11.1. The number of nitrogens with zero attached hydrogens (tertiary/aromatic N) is 1. The maximum atomic E-state index is 11.1. The fourth-order valence-electron chi connectivity index (χ4n) is 0.744. The molecule has 0 aliphatic rings. The van der Waals surface area contributed by atoms with Gasteiger partial charge in [-0.05, 0) is 6.42 Å². The van der Waals surface area contributed by atoms with Crippen molar-refractivity contribution in [3.63, 3.8) is 0 Å². The van der Waals surface area contributed by atoms with E-state index in [4.69, 9.17) is 5.73 Å². The van der Waals surface area contributed by atoms with Crippen molar-refractivity contribution >= 4 is 23.1 Å². The summed E-state index contributed by atoms with van der Waals surface area (Å²) in [6, 6.07) is 0. The van der Waals surface area contributed by atoms with Gasteiger partial charge < -0.3 is 10.6 Å². The van der Waals surface area contributed by atoms with Crippen LogP contribution in [-0.2, 0) is 4.79 Å². The first-order valence-electron chi connectivity index (χ1n) is 3.60. The van der Waals surface area contributed by atoms with Gasteiger partial charge in [-0.2, -0.15) is 0 Å². The SMILES string of the molecule is CCCN(C)C(=O)CC(N)=S. The highest BCUT2D eigenvalue weighted by Gasteiger charge is 2.07. The van der Waals surface area contributed by atoms with Crippen molar-refractivity contribution in [3.05, 3.63) is 0 Å². The molecule has 4 heteroatoms. The summed E-state index contributed by atoms with van der Waals surface area (Å²) in [4.78, 5) is 13.0. The molecule has 1 amide bonds. The Morgan fingerprint density at radius 3 is 2.55 bits per heavy atom. The van der Waals surface area contributed by atoms with Crippen LogP contribution in [0.25, 0.3) is 0 Å². The first-order valence-corrected chi connectivity index (χ1v) is 4.01. The van der Waals surface area contributed by atoms with E-state index in [0.717, 1.165) is 13.0 Å². The maximum Gasteiger partial charge on any atom is 0.229 e. The summed E-state index contributed by atoms with van der Waals surface area (Å²) in [7, 11) is 1.75. The third kappa shape index (κ3) is 4.72. The van der Waals surface area contributed by atoms with Gasteiger partial charge in [0.2, 0.25) is 5.91 Å². The molecule has 0 bridgehead atoms. The van der Waals surface area contributed by atoms with E-state index in [1.165, 1.54) is 0 Å². The Morgan fingerprint density at radius 1 is 1.64 bits per heavy atom. The van der Waals surface area contributed by atoms with E-state index < -0.39 is 0 Å². The Balaban J connectivity index is 3.73. The summed E-state index contributed by atoms with van der Waals surface area (Å²) in [5.41, 5.74) is 5.21. The Hall–Kier alpha value is -0.640. The number of amides is 1. The Morgan fingerprint density at radius 2 is 2.18 bits per heavy atom. The zero-order valence-electron chi connectivity index (χ0n) is 6.96. The third-order valence-corrected chi connectivity index (χ3v) is 1.45. The molecule has 0 aromatic rings. The summed E-state index contributed by atoms with van der Waals surface area (Å²) in [5, 5.41) is 0. The van der Waals surface area contributed by atoms with Gasteiger partial charge in [-0.3, -0.25) is 4.79 Å². The number of rotatable bonds is 4. The molecule has 0 saturated carbocycles. The van der Waals surface area contributed by atoms with Gasteiger partial charge in [-0.15, -0.1) is 0 Å². The quantitative estimate of drug-likeness (QED) is 0.632. The van der Waals surface area contributed by atoms with Crippen molar-refractivity contribution in [1.29, 1.82) is 0 Å². The molecule has 0 aromatic heterocycles. The van der Waals surface area contributed by atoms with Crippen LogP contribution in [0, 0.1) is 0 Å². The number of hydrogen-bond acceptors (Lipinski definition) is 2. The van der Waals surface area contributed by atoms with Crippen molar-refractivity contribution < 1.29 is 4.79 Å². The van der Waals surface area contributed by atoms with Crippen LogP contribution in [0.15, 0.2) is 0 Å². The zero-order chi connectivity index (χ0) is 8.85. The van der Waals surface area contributed by atoms with Crippen LogP contribution >= 0.6 is 12.2 Å². The molecule has 0 rings (SSSR count). The Bertz CT molecular complexity index is 159. The second-order valence-corrected chi connectivity index (χ2v) is 2.98. The number of carbonyl (C=O) groups is 1. The highest BCUT2D eigenvalue weighted by atomic mass is 32.1. The van der Waals surface area contributed by atoms with E-state index in [0.29, 0.717) is 0 Å². The molecule has 0 saturated heterocycles. The van der Waals surface area contributed by atoms with Crippen LogP contribution in [0.5, 0.6) is 0 Å². The van der Waals surface area contributed by atoms with Gasteiger partial charge in [0.1, 0.15) is 0 Å². The van der Waals surface area contributed by atoms with Crippen LogP contribution in [0.3, 0.4) is 0 Å². The smallest absolute Gasteiger partial charge is 0.229 e. The van der Waals surface area contributed by atoms with Gasteiger partial charge in [0, 0.05) is 13.6 Å². The summed E-state index contributed by atoms with van der Waals surface area (Å²) in [6.45, 7) is 2.78. The van der Waals surface area contributed by atoms with E-state index in [1.807, 2.05) is 6.92 Å². The fourth-order valence-corrected chi connectivity index (χ4v) is 0.868. The molecule has 3 nitrogen and oxygen atoms in total. The Kier molecular flexibility index (Phi) is 4.77. The predicted octanol–water partition coefficient (Wildman–Crippen LogP) is 0.531. The molecule has 0 aliphatic heterocycles. The number of thiocarbonyl (C=S) groups is 1. The van der Waals surface area contributed by atoms with Gasteiger partial charge in [-0.1, -0.05) is 19.1 Å². The topological polar surface area (TPSA) is 46.3 Å². The van der Waals surface area contributed by atoms with E-state index in [9.17, 15) is 4.79 Å². The molecule has 0 fully saturated rings. The molecule has 0 atom stereocenters. The largest absolute Gasteiger partial charge is 0.393 e. The molecule has 64 valence electrons. The average molecular weight is 174 g/mol. The first-order chi connectivity index (χ1) is 5.07.